The van der Waals surface area contributed by atoms with Crippen molar-refractivity contribution in [3.05, 3.63) is 59.2 Å². The standard InChI is InChI=1S/C21H27NO6S/c1-2-29(27)15-6-3-12(4-7-15)9-14-10-13(5-8-16(14)22)21-20(26)19(25)18(24)17(11-23)28-21/h3-8,10,17-21,23-26H,2,9,11,22H2,1H3/t17-,18-,19+,20-,21+,29?/m1/s1. The highest BCUT2D eigenvalue weighted by molar-refractivity contribution is 7.85. The average Bonchev–Trinajstić information content (AvgIpc) is 2.74. The minimum atomic E-state index is -1.43. The molecule has 0 aromatic heterocycles. The number of hydrogen-bond donors (Lipinski definition) is 5. The Labute approximate surface area is 172 Å². The van der Waals surface area contributed by atoms with E-state index < -0.39 is 47.9 Å². The fourth-order valence-corrected chi connectivity index (χ4v) is 4.25. The van der Waals surface area contributed by atoms with E-state index in [2.05, 4.69) is 0 Å². The van der Waals surface area contributed by atoms with Crippen LogP contribution in [0.1, 0.15) is 29.7 Å². The number of aliphatic hydroxyl groups is 4. The highest BCUT2D eigenvalue weighted by atomic mass is 32.2. The first-order valence-corrected chi connectivity index (χ1v) is 10.8. The van der Waals surface area contributed by atoms with Crippen molar-refractivity contribution in [2.75, 3.05) is 18.1 Å². The molecular formula is C21H27NO6S. The molecule has 1 aliphatic rings. The second kappa shape index (κ2) is 9.34. The number of nitrogen functional groups attached to an aromatic ring is 1. The average molecular weight is 422 g/mol. The zero-order valence-electron chi connectivity index (χ0n) is 16.1. The van der Waals surface area contributed by atoms with Gasteiger partial charge in [-0.1, -0.05) is 31.2 Å². The van der Waals surface area contributed by atoms with Gasteiger partial charge < -0.3 is 30.9 Å². The Morgan fingerprint density at radius 1 is 1.03 bits per heavy atom. The lowest BCUT2D eigenvalue weighted by Gasteiger charge is -2.40. The van der Waals surface area contributed by atoms with Crippen LogP contribution in [0.3, 0.4) is 0 Å². The fourth-order valence-electron chi connectivity index (χ4n) is 3.48. The van der Waals surface area contributed by atoms with Crippen LogP contribution < -0.4 is 5.73 Å². The summed E-state index contributed by atoms with van der Waals surface area (Å²) in [7, 11) is -1.00. The summed E-state index contributed by atoms with van der Waals surface area (Å²) >= 11 is 0. The molecule has 3 rings (SSSR count). The van der Waals surface area contributed by atoms with Crippen molar-refractivity contribution < 1.29 is 29.4 Å². The molecule has 1 heterocycles. The zero-order chi connectivity index (χ0) is 21.1. The number of ether oxygens (including phenoxy) is 1. The highest BCUT2D eigenvalue weighted by Gasteiger charge is 2.43. The van der Waals surface area contributed by atoms with Gasteiger partial charge in [0.2, 0.25) is 0 Å². The lowest BCUT2D eigenvalue weighted by molar-refractivity contribution is -0.231. The van der Waals surface area contributed by atoms with Gasteiger partial charge in [0.25, 0.3) is 0 Å². The van der Waals surface area contributed by atoms with Gasteiger partial charge in [-0.2, -0.15) is 0 Å². The molecule has 158 valence electrons. The van der Waals surface area contributed by atoms with E-state index >= 15 is 0 Å². The first-order chi connectivity index (χ1) is 13.8. The Balaban J connectivity index is 1.83. The monoisotopic (exact) mass is 421 g/mol. The van der Waals surface area contributed by atoms with Gasteiger partial charge in [-0.05, 0) is 41.3 Å². The van der Waals surface area contributed by atoms with Crippen LogP contribution in [0.5, 0.6) is 0 Å². The first kappa shape index (κ1) is 21.9. The van der Waals surface area contributed by atoms with E-state index in [0.717, 1.165) is 16.0 Å². The van der Waals surface area contributed by atoms with Crippen molar-refractivity contribution >= 4 is 16.5 Å². The molecule has 0 radical (unpaired) electrons. The number of benzene rings is 2. The van der Waals surface area contributed by atoms with Gasteiger partial charge in [0.1, 0.15) is 30.5 Å². The van der Waals surface area contributed by atoms with Crippen molar-refractivity contribution in [3.63, 3.8) is 0 Å². The van der Waals surface area contributed by atoms with E-state index in [0.29, 0.717) is 23.4 Å². The maximum Gasteiger partial charge on any atom is 0.113 e. The smallest absolute Gasteiger partial charge is 0.113 e. The molecule has 7 nitrogen and oxygen atoms in total. The van der Waals surface area contributed by atoms with E-state index in [1.165, 1.54) is 0 Å². The summed E-state index contributed by atoms with van der Waals surface area (Å²) in [6.45, 7) is 1.39. The van der Waals surface area contributed by atoms with Crippen LogP contribution in [0.25, 0.3) is 0 Å². The molecular weight excluding hydrogens is 394 g/mol. The maximum atomic E-state index is 11.9. The summed E-state index contributed by atoms with van der Waals surface area (Å²) < 4.78 is 17.5. The number of aliphatic hydroxyl groups excluding tert-OH is 4. The lowest BCUT2D eigenvalue weighted by Crippen LogP contribution is -2.55. The van der Waals surface area contributed by atoms with Crippen LogP contribution in [-0.4, -0.2) is 61.4 Å². The number of anilines is 1. The van der Waals surface area contributed by atoms with Gasteiger partial charge in [-0.3, -0.25) is 4.21 Å². The van der Waals surface area contributed by atoms with Crippen LogP contribution in [0.4, 0.5) is 5.69 Å². The van der Waals surface area contributed by atoms with E-state index in [-0.39, 0.29) is 0 Å². The molecule has 0 saturated carbocycles. The van der Waals surface area contributed by atoms with Gasteiger partial charge >= 0.3 is 0 Å². The van der Waals surface area contributed by atoms with Crippen molar-refractivity contribution in [2.45, 2.75) is 48.8 Å². The molecule has 1 fully saturated rings. The third-order valence-electron chi connectivity index (χ3n) is 5.23. The lowest BCUT2D eigenvalue weighted by atomic mass is 9.90. The topological polar surface area (TPSA) is 133 Å². The minimum absolute atomic E-state index is 0.477. The van der Waals surface area contributed by atoms with Crippen LogP contribution in [-0.2, 0) is 22.0 Å². The molecule has 1 unspecified atom stereocenters. The SMILES string of the molecule is CCS(=O)c1ccc(Cc2cc([C@@H]3O[C@H](CO)[C@@H](O)[C@H](O)[C@H]3O)ccc2N)cc1. The molecule has 2 aromatic carbocycles. The van der Waals surface area contributed by atoms with Crippen molar-refractivity contribution in [3.8, 4) is 0 Å². The minimum Gasteiger partial charge on any atom is -0.398 e. The molecule has 2 aromatic rings. The van der Waals surface area contributed by atoms with Crippen LogP contribution >= 0.6 is 0 Å². The van der Waals surface area contributed by atoms with Crippen LogP contribution in [0.15, 0.2) is 47.4 Å². The van der Waals surface area contributed by atoms with E-state index in [1.807, 2.05) is 31.2 Å². The summed E-state index contributed by atoms with van der Waals surface area (Å²) in [4.78, 5) is 0.777. The zero-order valence-corrected chi connectivity index (χ0v) is 17.0. The van der Waals surface area contributed by atoms with Crippen LogP contribution in [0, 0.1) is 0 Å². The molecule has 8 heteroatoms. The summed E-state index contributed by atoms with van der Waals surface area (Å²) in [5, 5.41) is 39.7. The molecule has 0 amide bonds. The number of hydrogen-bond acceptors (Lipinski definition) is 7. The summed E-state index contributed by atoms with van der Waals surface area (Å²) in [6, 6.07) is 12.7. The highest BCUT2D eigenvalue weighted by Crippen LogP contribution is 2.34. The molecule has 0 spiro atoms. The van der Waals surface area contributed by atoms with Crippen molar-refractivity contribution in [1.29, 1.82) is 0 Å². The fraction of sp³-hybridized carbons (Fsp3) is 0.429. The summed E-state index contributed by atoms with van der Waals surface area (Å²) in [5.74, 6) is 0.563. The molecule has 1 aliphatic heterocycles. The summed E-state index contributed by atoms with van der Waals surface area (Å²) in [5.41, 5.74) is 9.08. The molecule has 6 atom stereocenters. The first-order valence-electron chi connectivity index (χ1n) is 9.51. The third kappa shape index (κ3) is 4.69. The van der Waals surface area contributed by atoms with Crippen LogP contribution in [0.2, 0.25) is 0 Å². The van der Waals surface area contributed by atoms with E-state index in [1.54, 1.807) is 18.2 Å². The largest absolute Gasteiger partial charge is 0.398 e. The quantitative estimate of drug-likeness (QED) is 0.429. The van der Waals surface area contributed by atoms with Crippen molar-refractivity contribution in [1.82, 2.24) is 0 Å². The van der Waals surface area contributed by atoms with E-state index in [4.69, 9.17) is 10.5 Å². The van der Waals surface area contributed by atoms with Gasteiger partial charge in [-0.15, -0.1) is 0 Å². The van der Waals surface area contributed by atoms with Crippen molar-refractivity contribution in [2.24, 2.45) is 0 Å². The second-order valence-electron chi connectivity index (χ2n) is 7.16. The van der Waals surface area contributed by atoms with E-state index in [9.17, 15) is 24.6 Å². The Hall–Kier alpha value is -1.81. The number of nitrogens with two attached hydrogens (primary N) is 1. The number of rotatable bonds is 6. The second-order valence-corrected chi connectivity index (χ2v) is 8.90. The third-order valence-corrected chi connectivity index (χ3v) is 6.55. The van der Waals surface area contributed by atoms with Gasteiger partial charge in [0.05, 0.1) is 17.4 Å². The molecule has 29 heavy (non-hydrogen) atoms. The van der Waals surface area contributed by atoms with Gasteiger partial charge in [-0.25, -0.2) is 0 Å². The molecule has 0 aliphatic carbocycles. The summed E-state index contributed by atoms with van der Waals surface area (Å²) in [6.07, 6.45) is -5.51. The Kier molecular flexibility index (Phi) is 7.05. The maximum absolute atomic E-state index is 11.9. The van der Waals surface area contributed by atoms with Gasteiger partial charge in [0, 0.05) is 16.3 Å². The molecule has 0 bridgehead atoms. The normalized spacial score (nSPS) is 28.2. The Morgan fingerprint density at radius 2 is 1.72 bits per heavy atom. The molecule has 1 saturated heterocycles. The predicted octanol–water partition coefficient (Wildman–Crippen LogP) is 0.502. The Morgan fingerprint density at radius 3 is 2.34 bits per heavy atom. The molecule has 6 N–H and O–H groups in total. The predicted molar refractivity (Wildman–Crippen MR) is 110 cm³/mol. The Bertz CT molecular complexity index is 857. The van der Waals surface area contributed by atoms with Gasteiger partial charge in [0.15, 0.2) is 0 Å².